The largest absolute Gasteiger partial charge is 0.492 e. The first-order chi connectivity index (χ1) is 14.0. The molecule has 1 heterocycles. The SMILES string of the molecule is O=C(NCCOc1ccccc1)Nc1cc(S(=O)(=O)N2CCOCC2)ccc1Cl. The Morgan fingerprint density at radius 2 is 1.86 bits per heavy atom. The quantitative estimate of drug-likeness (QED) is 0.646. The molecular weight excluding hydrogens is 418 g/mol. The van der Waals surface area contributed by atoms with Crippen LogP contribution in [0.1, 0.15) is 0 Å². The van der Waals surface area contributed by atoms with E-state index in [4.69, 9.17) is 21.1 Å². The third kappa shape index (κ3) is 5.83. The molecule has 2 amide bonds. The van der Waals surface area contributed by atoms with E-state index in [0.29, 0.717) is 19.0 Å². The summed E-state index contributed by atoms with van der Waals surface area (Å²) in [6.45, 7) is 1.84. The number of carbonyl (C=O) groups is 1. The number of hydrogen-bond donors (Lipinski definition) is 2. The van der Waals surface area contributed by atoms with Crippen molar-refractivity contribution in [3.8, 4) is 5.75 Å². The second-order valence-corrected chi connectivity index (χ2v) is 8.55. The normalized spacial score (nSPS) is 14.9. The van der Waals surface area contributed by atoms with Crippen LogP contribution < -0.4 is 15.4 Å². The second-order valence-electron chi connectivity index (χ2n) is 6.20. The van der Waals surface area contributed by atoms with Crippen LogP contribution in [0, 0.1) is 0 Å². The number of rotatable bonds is 7. The van der Waals surface area contributed by atoms with E-state index in [2.05, 4.69) is 10.6 Å². The highest BCUT2D eigenvalue weighted by Crippen LogP contribution is 2.27. The molecule has 0 spiro atoms. The first-order valence-corrected chi connectivity index (χ1v) is 10.9. The van der Waals surface area contributed by atoms with E-state index in [1.807, 2.05) is 30.3 Å². The van der Waals surface area contributed by atoms with Gasteiger partial charge in [0.05, 0.1) is 35.4 Å². The zero-order valence-corrected chi connectivity index (χ0v) is 17.2. The fraction of sp³-hybridized carbons (Fsp3) is 0.316. The van der Waals surface area contributed by atoms with E-state index in [-0.39, 0.29) is 41.8 Å². The first kappa shape index (κ1) is 21.4. The summed E-state index contributed by atoms with van der Waals surface area (Å²) in [7, 11) is -3.69. The van der Waals surface area contributed by atoms with Crippen LogP contribution >= 0.6 is 11.6 Å². The maximum Gasteiger partial charge on any atom is 0.319 e. The zero-order chi connectivity index (χ0) is 20.7. The number of nitrogens with one attached hydrogen (secondary N) is 2. The summed E-state index contributed by atoms with van der Waals surface area (Å²) in [5.74, 6) is 0.707. The Morgan fingerprint density at radius 3 is 2.59 bits per heavy atom. The number of halogens is 1. The van der Waals surface area contributed by atoms with Gasteiger partial charge in [0.25, 0.3) is 0 Å². The summed E-state index contributed by atoms with van der Waals surface area (Å²) in [6.07, 6.45) is 0. The van der Waals surface area contributed by atoms with Gasteiger partial charge >= 0.3 is 6.03 Å². The van der Waals surface area contributed by atoms with Crippen molar-refractivity contribution in [1.82, 2.24) is 9.62 Å². The van der Waals surface area contributed by atoms with Gasteiger partial charge in [0.1, 0.15) is 12.4 Å². The number of morpholine rings is 1. The van der Waals surface area contributed by atoms with Crippen molar-refractivity contribution in [3.05, 3.63) is 53.6 Å². The van der Waals surface area contributed by atoms with Gasteiger partial charge in [0, 0.05) is 13.1 Å². The van der Waals surface area contributed by atoms with E-state index < -0.39 is 16.1 Å². The Bertz CT molecular complexity index is 934. The molecule has 1 aliphatic rings. The van der Waals surface area contributed by atoms with Crippen LogP contribution in [-0.2, 0) is 14.8 Å². The lowest BCUT2D eigenvalue weighted by Gasteiger charge is -2.26. The Morgan fingerprint density at radius 1 is 1.14 bits per heavy atom. The smallest absolute Gasteiger partial charge is 0.319 e. The minimum Gasteiger partial charge on any atom is -0.492 e. The van der Waals surface area contributed by atoms with Crippen molar-refractivity contribution >= 4 is 33.3 Å². The fourth-order valence-corrected chi connectivity index (χ4v) is 4.31. The van der Waals surface area contributed by atoms with Crippen LogP contribution in [0.4, 0.5) is 10.5 Å². The number of nitrogens with zero attached hydrogens (tertiary/aromatic N) is 1. The van der Waals surface area contributed by atoms with Gasteiger partial charge in [0.15, 0.2) is 0 Å². The average Bonchev–Trinajstić information content (AvgIpc) is 2.74. The molecule has 1 saturated heterocycles. The van der Waals surface area contributed by atoms with Gasteiger partial charge in [0.2, 0.25) is 10.0 Å². The third-order valence-corrected chi connectivity index (χ3v) is 6.42. The van der Waals surface area contributed by atoms with Crippen LogP contribution in [0.25, 0.3) is 0 Å². The van der Waals surface area contributed by atoms with Crippen LogP contribution in [0.3, 0.4) is 0 Å². The lowest BCUT2D eigenvalue weighted by Crippen LogP contribution is -2.40. The van der Waals surface area contributed by atoms with Crippen LogP contribution in [0.15, 0.2) is 53.4 Å². The summed E-state index contributed by atoms with van der Waals surface area (Å²) < 4.78 is 37.6. The highest BCUT2D eigenvalue weighted by Gasteiger charge is 2.27. The molecule has 0 aromatic heterocycles. The Balaban J connectivity index is 1.57. The molecule has 2 aromatic rings. The minimum absolute atomic E-state index is 0.0616. The molecule has 0 radical (unpaired) electrons. The lowest BCUT2D eigenvalue weighted by molar-refractivity contribution is 0.0730. The molecule has 2 aromatic carbocycles. The van der Waals surface area contributed by atoms with Gasteiger partial charge < -0.3 is 20.1 Å². The van der Waals surface area contributed by atoms with E-state index in [1.165, 1.54) is 22.5 Å². The Hall–Kier alpha value is -2.33. The predicted octanol–water partition coefficient (Wildman–Crippen LogP) is 2.56. The second kappa shape index (κ2) is 9.93. The highest BCUT2D eigenvalue weighted by atomic mass is 35.5. The maximum absolute atomic E-state index is 12.8. The van der Waals surface area contributed by atoms with E-state index in [0.717, 1.165) is 0 Å². The van der Waals surface area contributed by atoms with Crippen molar-refractivity contribution in [1.29, 1.82) is 0 Å². The van der Waals surface area contributed by atoms with Crippen molar-refractivity contribution < 1.29 is 22.7 Å². The summed E-state index contributed by atoms with van der Waals surface area (Å²) in [4.78, 5) is 12.2. The molecule has 0 bridgehead atoms. The summed E-state index contributed by atoms with van der Waals surface area (Å²) >= 11 is 6.12. The molecule has 0 saturated carbocycles. The van der Waals surface area contributed by atoms with Crippen molar-refractivity contribution in [2.75, 3.05) is 44.8 Å². The molecule has 10 heteroatoms. The molecule has 3 rings (SSSR count). The number of hydrogen-bond acceptors (Lipinski definition) is 5. The predicted molar refractivity (Wildman–Crippen MR) is 110 cm³/mol. The molecule has 156 valence electrons. The average molecular weight is 440 g/mol. The zero-order valence-electron chi connectivity index (χ0n) is 15.6. The van der Waals surface area contributed by atoms with Crippen LogP contribution in [-0.4, -0.2) is 58.2 Å². The monoisotopic (exact) mass is 439 g/mol. The summed E-state index contributed by atoms with van der Waals surface area (Å²) in [5, 5.41) is 5.46. The topological polar surface area (TPSA) is 97.0 Å². The van der Waals surface area contributed by atoms with Crippen molar-refractivity contribution in [2.45, 2.75) is 4.90 Å². The Kier molecular flexibility index (Phi) is 7.32. The van der Waals surface area contributed by atoms with E-state index >= 15 is 0 Å². The van der Waals surface area contributed by atoms with Gasteiger partial charge in [-0.1, -0.05) is 29.8 Å². The highest BCUT2D eigenvalue weighted by molar-refractivity contribution is 7.89. The van der Waals surface area contributed by atoms with E-state index in [1.54, 1.807) is 0 Å². The number of sulfonamides is 1. The maximum atomic E-state index is 12.8. The van der Waals surface area contributed by atoms with Crippen molar-refractivity contribution in [3.63, 3.8) is 0 Å². The number of amides is 2. The number of benzene rings is 2. The number of anilines is 1. The van der Waals surface area contributed by atoms with Gasteiger partial charge in [-0.05, 0) is 30.3 Å². The van der Waals surface area contributed by atoms with Gasteiger partial charge in [-0.3, -0.25) is 0 Å². The van der Waals surface area contributed by atoms with Gasteiger partial charge in [-0.25, -0.2) is 13.2 Å². The molecule has 0 atom stereocenters. The van der Waals surface area contributed by atoms with Gasteiger partial charge in [-0.15, -0.1) is 0 Å². The number of carbonyl (C=O) groups excluding carboxylic acids is 1. The molecular formula is C19H22ClN3O5S. The Labute approximate surface area is 174 Å². The molecule has 8 nitrogen and oxygen atoms in total. The molecule has 1 fully saturated rings. The van der Waals surface area contributed by atoms with Crippen molar-refractivity contribution in [2.24, 2.45) is 0 Å². The van der Waals surface area contributed by atoms with E-state index in [9.17, 15) is 13.2 Å². The number of para-hydroxylation sites is 1. The number of ether oxygens (including phenoxy) is 2. The molecule has 2 N–H and O–H groups in total. The van der Waals surface area contributed by atoms with Crippen LogP contribution in [0.2, 0.25) is 5.02 Å². The standard InChI is InChI=1S/C19H22ClN3O5S/c20-17-7-6-16(29(25,26)23-9-12-27-13-10-23)14-18(17)22-19(24)21-8-11-28-15-4-2-1-3-5-15/h1-7,14H,8-13H2,(H2,21,22,24). The lowest BCUT2D eigenvalue weighted by atomic mass is 10.3. The third-order valence-electron chi connectivity index (χ3n) is 4.19. The first-order valence-electron chi connectivity index (χ1n) is 9.07. The molecule has 1 aliphatic heterocycles. The molecule has 29 heavy (non-hydrogen) atoms. The number of urea groups is 1. The summed E-state index contributed by atoms with van der Waals surface area (Å²) in [5.41, 5.74) is 0.211. The van der Waals surface area contributed by atoms with Crippen LogP contribution in [0.5, 0.6) is 5.75 Å². The summed E-state index contributed by atoms with van der Waals surface area (Å²) in [6, 6.07) is 12.9. The molecule has 0 aliphatic carbocycles. The minimum atomic E-state index is -3.69. The fourth-order valence-electron chi connectivity index (χ4n) is 2.71. The molecule has 0 unspecified atom stereocenters. The van der Waals surface area contributed by atoms with Gasteiger partial charge in [-0.2, -0.15) is 4.31 Å².